The first-order valence-corrected chi connectivity index (χ1v) is 5.47. The highest BCUT2D eigenvalue weighted by Gasteiger charge is 2.06. The summed E-state index contributed by atoms with van der Waals surface area (Å²) in [6, 6.07) is 0. The Morgan fingerprint density at radius 1 is 1.47 bits per heavy atom. The summed E-state index contributed by atoms with van der Waals surface area (Å²) in [4.78, 5) is 13.2. The second-order valence-electron chi connectivity index (χ2n) is 3.53. The SMILES string of the molecule is C#CCOCCN(C)C(=O)CCCCC. The van der Waals surface area contributed by atoms with Crippen molar-refractivity contribution in [1.29, 1.82) is 0 Å². The molecule has 0 aromatic heterocycles. The lowest BCUT2D eigenvalue weighted by molar-refractivity contribution is -0.130. The van der Waals surface area contributed by atoms with E-state index in [1.165, 1.54) is 0 Å². The van der Waals surface area contributed by atoms with Crippen LogP contribution in [0.3, 0.4) is 0 Å². The quantitative estimate of drug-likeness (QED) is 0.451. The highest BCUT2D eigenvalue weighted by molar-refractivity contribution is 5.75. The fourth-order valence-corrected chi connectivity index (χ4v) is 1.17. The molecule has 0 spiro atoms. The van der Waals surface area contributed by atoms with E-state index in [1.54, 1.807) is 11.9 Å². The zero-order valence-corrected chi connectivity index (χ0v) is 9.79. The minimum absolute atomic E-state index is 0.188. The molecule has 0 aliphatic heterocycles. The number of unbranched alkanes of at least 4 members (excludes halogenated alkanes) is 2. The summed E-state index contributed by atoms with van der Waals surface area (Å²) < 4.78 is 5.10. The molecule has 15 heavy (non-hydrogen) atoms. The first-order valence-electron chi connectivity index (χ1n) is 5.47. The summed E-state index contributed by atoms with van der Waals surface area (Å²) in [5, 5.41) is 0. The van der Waals surface area contributed by atoms with E-state index in [4.69, 9.17) is 11.2 Å². The minimum atomic E-state index is 0.188. The second kappa shape index (κ2) is 9.54. The number of ether oxygens (including phenoxy) is 1. The predicted octanol–water partition coefficient (Wildman–Crippen LogP) is 1.67. The highest BCUT2D eigenvalue weighted by Crippen LogP contribution is 2.01. The number of nitrogens with zero attached hydrogens (tertiary/aromatic N) is 1. The average molecular weight is 211 g/mol. The molecule has 0 heterocycles. The van der Waals surface area contributed by atoms with E-state index in [9.17, 15) is 4.79 Å². The number of carbonyl (C=O) groups excluding carboxylic acids is 1. The molecule has 0 rings (SSSR count). The van der Waals surface area contributed by atoms with Crippen molar-refractivity contribution < 1.29 is 9.53 Å². The molecule has 0 unspecified atom stereocenters. The molecular formula is C12H21NO2. The number of hydrogen-bond acceptors (Lipinski definition) is 2. The van der Waals surface area contributed by atoms with Gasteiger partial charge in [0.1, 0.15) is 6.61 Å². The fourth-order valence-electron chi connectivity index (χ4n) is 1.17. The van der Waals surface area contributed by atoms with E-state index < -0.39 is 0 Å². The van der Waals surface area contributed by atoms with Gasteiger partial charge in [-0.2, -0.15) is 0 Å². The molecule has 0 aliphatic carbocycles. The van der Waals surface area contributed by atoms with E-state index in [2.05, 4.69) is 12.8 Å². The van der Waals surface area contributed by atoms with Crippen LogP contribution in [0.15, 0.2) is 0 Å². The largest absolute Gasteiger partial charge is 0.367 e. The summed E-state index contributed by atoms with van der Waals surface area (Å²) in [5.74, 6) is 2.57. The van der Waals surface area contributed by atoms with E-state index >= 15 is 0 Å². The topological polar surface area (TPSA) is 29.5 Å². The maximum atomic E-state index is 11.5. The number of rotatable bonds is 8. The molecule has 0 fully saturated rings. The van der Waals surface area contributed by atoms with E-state index in [1.807, 2.05) is 0 Å². The van der Waals surface area contributed by atoms with Crippen LogP contribution in [-0.4, -0.2) is 37.6 Å². The van der Waals surface area contributed by atoms with E-state index in [-0.39, 0.29) is 5.91 Å². The van der Waals surface area contributed by atoms with Crippen LogP contribution in [0.1, 0.15) is 32.6 Å². The molecule has 1 amide bonds. The summed E-state index contributed by atoms with van der Waals surface area (Å²) in [6.07, 6.45) is 8.91. The molecule has 86 valence electrons. The zero-order valence-electron chi connectivity index (χ0n) is 9.79. The Morgan fingerprint density at radius 2 is 2.20 bits per heavy atom. The number of likely N-dealkylation sites (N-methyl/N-ethyl adjacent to an activating group) is 1. The van der Waals surface area contributed by atoms with Crippen molar-refractivity contribution in [2.75, 3.05) is 26.8 Å². The van der Waals surface area contributed by atoms with Crippen LogP contribution < -0.4 is 0 Å². The lowest BCUT2D eigenvalue weighted by atomic mass is 10.2. The third kappa shape index (κ3) is 8.02. The van der Waals surface area contributed by atoms with Gasteiger partial charge in [0.05, 0.1) is 6.61 Å². The Kier molecular flexibility index (Phi) is 8.90. The molecule has 0 aromatic carbocycles. The average Bonchev–Trinajstić information content (AvgIpc) is 2.24. The molecule has 0 radical (unpaired) electrons. The second-order valence-corrected chi connectivity index (χ2v) is 3.53. The molecule has 3 heteroatoms. The predicted molar refractivity (Wildman–Crippen MR) is 61.4 cm³/mol. The van der Waals surface area contributed by atoms with Crippen molar-refractivity contribution in [2.24, 2.45) is 0 Å². The number of carbonyl (C=O) groups is 1. The summed E-state index contributed by atoms with van der Waals surface area (Å²) in [5.41, 5.74) is 0. The summed E-state index contributed by atoms with van der Waals surface area (Å²) in [6.45, 7) is 3.58. The Bertz CT molecular complexity index is 208. The van der Waals surface area contributed by atoms with Gasteiger partial charge in [-0.3, -0.25) is 4.79 Å². The smallest absolute Gasteiger partial charge is 0.222 e. The molecule has 0 bridgehead atoms. The van der Waals surface area contributed by atoms with Gasteiger partial charge in [-0.25, -0.2) is 0 Å². The van der Waals surface area contributed by atoms with Gasteiger partial charge in [-0.15, -0.1) is 6.42 Å². The fraction of sp³-hybridized carbons (Fsp3) is 0.750. The molecule has 3 nitrogen and oxygen atoms in total. The number of amides is 1. The van der Waals surface area contributed by atoms with Gasteiger partial charge in [0.2, 0.25) is 5.91 Å². The molecular weight excluding hydrogens is 190 g/mol. The first-order chi connectivity index (χ1) is 7.22. The summed E-state index contributed by atoms with van der Waals surface area (Å²) >= 11 is 0. The van der Waals surface area contributed by atoms with Crippen LogP contribution >= 0.6 is 0 Å². The van der Waals surface area contributed by atoms with Crippen LogP contribution in [0.5, 0.6) is 0 Å². The standard InChI is InChI=1S/C12H21NO2/c1-4-6-7-8-12(14)13(3)9-11-15-10-5-2/h2H,4,6-11H2,1,3H3. The maximum absolute atomic E-state index is 11.5. The maximum Gasteiger partial charge on any atom is 0.222 e. The van der Waals surface area contributed by atoms with Gasteiger partial charge >= 0.3 is 0 Å². The van der Waals surface area contributed by atoms with Gasteiger partial charge in [-0.05, 0) is 6.42 Å². The highest BCUT2D eigenvalue weighted by atomic mass is 16.5. The van der Waals surface area contributed by atoms with Gasteiger partial charge in [0.25, 0.3) is 0 Å². The van der Waals surface area contributed by atoms with Crippen molar-refractivity contribution in [2.45, 2.75) is 32.6 Å². The summed E-state index contributed by atoms with van der Waals surface area (Å²) in [7, 11) is 1.80. The van der Waals surface area contributed by atoms with Crippen LogP contribution in [0.25, 0.3) is 0 Å². The van der Waals surface area contributed by atoms with Crippen molar-refractivity contribution in [3.8, 4) is 12.3 Å². The number of hydrogen-bond donors (Lipinski definition) is 0. The van der Waals surface area contributed by atoms with Crippen molar-refractivity contribution in [3.63, 3.8) is 0 Å². The molecule has 0 aliphatic rings. The van der Waals surface area contributed by atoms with E-state index in [0.717, 1.165) is 19.3 Å². The minimum Gasteiger partial charge on any atom is -0.367 e. The van der Waals surface area contributed by atoms with E-state index in [0.29, 0.717) is 26.2 Å². The van der Waals surface area contributed by atoms with Crippen LogP contribution in [0.2, 0.25) is 0 Å². The zero-order chi connectivity index (χ0) is 11.5. The lowest BCUT2D eigenvalue weighted by Gasteiger charge is -2.16. The Hall–Kier alpha value is -1.01. The van der Waals surface area contributed by atoms with Gasteiger partial charge in [0, 0.05) is 20.0 Å². The molecule has 0 saturated carbocycles. The number of terminal acetylenes is 1. The third-order valence-electron chi connectivity index (χ3n) is 2.18. The van der Waals surface area contributed by atoms with Crippen LogP contribution in [-0.2, 0) is 9.53 Å². The molecule has 0 saturated heterocycles. The normalized spacial score (nSPS) is 9.67. The Labute approximate surface area is 92.8 Å². The Balaban J connectivity index is 3.47. The molecule has 0 aromatic rings. The molecule has 0 N–H and O–H groups in total. The van der Waals surface area contributed by atoms with Gasteiger partial charge < -0.3 is 9.64 Å². The monoisotopic (exact) mass is 211 g/mol. The third-order valence-corrected chi connectivity index (χ3v) is 2.18. The van der Waals surface area contributed by atoms with Gasteiger partial charge in [0.15, 0.2) is 0 Å². The van der Waals surface area contributed by atoms with Crippen molar-refractivity contribution in [1.82, 2.24) is 4.90 Å². The van der Waals surface area contributed by atoms with Gasteiger partial charge in [-0.1, -0.05) is 25.7 Å². The Morgan fingerprint density at radius 3 is 2.80 bits per heavy atom. The van der Waals surface area contributed by atoms with Crippen LogP contribution in [0, 0.1) is 12.3 Å². The molecule has 0 atom stereocenters. The van der Waals surface area contributed by atoms with Crippen LogP contribution in [0.4, 0.5) is 0 Å². The lowest BCUT2D eigenvalue weighted by Crippen LogP contribution is -2.29. The first kappa shape index (κ1) is 14.0. The van der Waals surface area contributed by atoms with Crippen molar-refractivity contribution >= 4 is 5.91 Å². The van der Waals surface area contributed by atoms with Crippen molar-refractivity contribution in [3.05, 3.63) is 0 Å².